The fourth-order valence-electron chi connectivity index (χ4n) is 2.45. The van der Waals surface area contributed by atoms with E-state index in [1.807, 2.05) is 6.07 Å². The Kier molecular flexibility index (Phi) is 3.38. The molecule has 0 bridgehead atoms. The molecule has 1 aliphatic rings. The second kappa shape index (κ2) is 5.55. The first-order chi connectivity index (χ1) is 11.2. The van der Waals surface area contributed by atoms with E-state index in [0.717, 1.165) is 16.6 Å². The number of nitrogens with zero attached hydrogens (tertiary/aromatic N) is 1. The van der Waals surface area contributed by atoms with E-state index in [4.69, 9.17) is 9.47 Å². The Morgan fingerprint density at radius 3 is 2.96 bits per heavy atom. The van der Waals surface area contributed by atoms with Gasteiger partial charge in [0.25, 0.3) is 5.91 Å². The number of anilines is 1. The third kappa shape index (κ3) is 2.61. The van der Waals surface area contributed by atoms with Crippen LogP contribution in [0, 0.1) is 0 Å². The van der Waals surface area contributed by atoms with Gasteiger partial charge in [0.1, 0.15) is 0 Å². The van der Waals surface area contributed by atoms with Gasteiger partial charge in [-0.25, -0.2) is 4.98 Å². The minimum Gasteiger partial charge on any atom is -0.454 e. The maximum absolute atomic E-state index is 12.4. The van der Waals surface area contributed by atoms with E-state index in [1.54, 1.807) is 18.2 Å². The molecule has 0 atom stereocenters. The highest BCUT2D eigenvalue weighted by molar-refractivity contribution is 7.22. The molecule has 5 nitrogen and oxygen atoms in total. The molecule has 0 radical (unpaired) electrons. The van der Waals surface area contributed by atoms with Crippen molar-refractivity contribution in [2.75, 3.05) is 12.1 Å². The number of thiazole rings is 1. The second-order valence-corrected chi connectivity index (χ2v) is 6.23. The van der Waals surface area contributed by atoms with E-state index in [0.29, 0.717) is 22.2 Å². The van der Waals surface area contributed by atoms with Gasteiger partial charge in [0.2, 0.25) is 6.79 Å². The maximum atomic E-state index is 12.4. The summed E-state index contributed by atoms with van der Waals surface area (Å²) in [5, 5.41) is 3.44. The second-order valence-electron chi connectivity index (χ2n) is 5.20. The van der Waals surface area contributed by atoms with Crippen LogP contribution in [-0.4, -0.2) is 17.7 Å². The molecular formula is C17H14N2O3S. The third-order valence-corrected chi connectivity index (χ3v) is 4.65. The molecule has 0 aliphatic carbocycles. The minimum atomic E-state index is -0.210. The van der Waals surface area contributed by atoms with Gasteiger partial charge in [-0.2, -0.15) is 0 Å². The largest absolute Gasteiger partial charge is 0.454 e. The monoisotopic (exact) mass is 326 g/mol. The van der Waals surface area contributed by atoms with Crippen LogP contribution in [0.4, 0.5) is 5.13 Å². The molecule has 3 aromatic rings. The normalized spacial score (nSPS) is 12.6. The lowest BCUT2D eigenvalue weighted by molar-refractivity contribution is 0.102. The molecule has 1 N–H and O–H groups in total. The Morgan fingerprint density at radius 1 is 1.22 bits per heavy atom. The van der Waals surface area contributed by atoms with Crippen molar-refractivity contribution < 1.29 is 14.3 Å². The zero-order valence-corrected chi connectivity index (χ0v) is 13.3. The number of amides is 1. The maximum Gasteiger partial charge on any atom is 0.257 e. The first-order valence-electron chi connectivity index (χ1n) is 7.33. The van der Waals surface area contributed by atoms with E-state index in [9.17, 15) is 4.79 Å². The van der Waals surface area contributed by atoms with Crippen LogP contribution in [0.3, 0.4) is 0 Å². The van der Waals surface area contributed by atoms with E-state index in [2.05, 4.69) is 29.4 Å². The lowest BCUT2D eigenvalue weighted by Gasteiger charge is -2.02. The van der Waals surface area contributed by atoms with E-state index in [1.165, 1.54) is 16.9 Å². The number of fused-ring (bicyclic) bond motifs is 2. The first-order valence-corrected chi connectivity index (χ1v) is 8.15. The topological polar surface area (TPSA) is 60.5 Å². The van der Waals surface area contributed by atoms with Gasteiger partial charge in [0.15, 0.2) is 16.6 Å². The number of hydrogen-bond donors (Lipinski definition) is 1. The molecule has 1 aliphatic heterocycles. The Bertz CT molecular complexity index is 904. The van der Waals surface area contributed by atoms with E-state index >= 15 is 0 Å². The van der Waals surface area contributed by atoms with Gasteiger partial charge in [0, 0.05) is 5.56 Å². The quantitative estimate of drug-likeness (QED) is 0.794. The number of rotatable bonds is 3. The molecule has 1 aromatic heterocycles. The van der Waals surface area contributed by atoms with Crippen LogP contribution in [0.1, 0.15) is 22.8 Å². The summed E-state index contributed by atoms with van der Waals surface area (Å²) in [5.74, 6) is 1.04. The van der Waals surface area contributed by atoms with Crippen molar-refractivity contribution >= 4 is 32.6 Å². The molecule has 6 heteroatoms. The van der Waals surface area contributed by atoms with Crippen molar-refractivity contribution in [1.29, 1.82) is 0 Å². The zero-order chi connectivity index (χ0) is 15.8. The smallest absolute Gasteiger partial charge is 0.257 e. The highest BCUT2D eigenvalue weighted by Gasteiger charge is 2.17. The average molecular weight is 326 g/mol. The van der Waals surface area contributed by atoms with Crippen LogP contribution in [-0.2, 0) is 6.42 Å². The molecule has 4 rings (SSSR count). The number of carbonyl (C=O) groups excluding carboxylic acids is 1. The van der Waals surface area contributed by atoms with Crippen molar-refractivity contribution in [2.24, 2.45) is 0 Å². The van der Waals surface area contributed by atoms with Gasteiger partial charge < -0.3 is 9.47 Å². The number of nitrogens with one attached hydrogen (secondary N) is 1. The predicted octanol–water partition coefficient (Wildman–Crippen LogP) is 3.84. The average Bonchev–Trinajstić information content (AvgIpc) is 3.18. The summed E-state index contributed by atoms with van der Waals surface area (Å²) in [5.41, 5.74) is 2.67. The molecule has 0 fully saturated rings. The van der Waals surface area contributed by atoms with E-state index in [-0.39, 0.29) is 12.7 Å². The Hall–Kier alpha value is -2.60. The van der Waals surface area contributed by atoms with Crippen molar-refractivity contribution in [3.8, 4) is 11.5 Å². The van der Waals surface area contributed by atoms with Crippen molar-refractivity contribution in [3.05, 3.63) is 47.5 Å². The predicted molar refractivity (Wildman–Crippen MR) is 89.5 cm³/mol. The van der Waals surface area contributed by atoms with Crippen molar-refractivity contribution in [1.82, 2.24) is 4.98 Å². The Morgan fingerprint density at radius 2 is 2.09 bits per heavy atom. The summed E-state index contributed by atoms with van der Waals surface area (Å²) >= 11 is 1.48. The Labute approximate surface area is 136 Å². The number of ether oxygens (including phenoxy) is 2. The fraction of sp³-hybridized carbons (Fsp3) is 0.176. The molecule has 2 aromatic carbocycles. The molecule has 0 saturated carbocycles. The summed E-state index contributed by atoms with van der Waals surface area (Å²) in [4.78, 5) is 16.8. The summed E-state index contributed by atoms with van der Waals surface area (Å²) in [6.07, 6.45) is 0.979. The van der Waals surface area contributed by atoms with Crippen LogP contribution >= 0.6 is 11.3 Å². The number of aromatic nitrogens is 1. The lowest BCUT2D eigenvalue weighted by atomic mass is 10.2. The van der Waals surface area contributed by atoms with Gasteiger partial charge in [-0.15, -0.1) is 0 Å². The summed E-state index contributed by atoms with van der Waals surface area (Å²) in [7, 11) is 0. The SMILES string of the molecule is CCc1ccc2nc(NC(=O)c3ccc4c(c3)OCO4)sc2c1. The third-order valence-electron chi connectivity index (χ3n) is 3.72. The van der Waals surface area contributed by atoms with Crippen LogP contribution < -0.4 is 14.8 Å². The van der Waals surface area contributed by atoms with Crippen LogP contribution in [0.15, 0.2) is 36.4 Å². The molecule has 0 unspecified atom stereocenters. The van der Waals surface area contributed by atoms with Crippen LogP contribution in [0.5, 0.6) is 11.5 Å². The van der Waals surface area contributed by atoms with Gasteiger partial charge >= 0.3 is 0 Å². The number of hydrogen-bond acceptors (Lipinski definition) is 5. The minimum absolute atomic E-state index is 0.192. The lowest BCUT2D eigenvalue weighted by Crippen LogP contribution is -2.11. The van der Waals surface area contributed by atoms with Gasteiger partial charge in [-0.3, -0.25) is 10.1 Å². The highest BCUT2D eigenvalue weighted by atomic mass is 32.1. The van der Waals surface area contributed by atoms with E-state index < -0.39 is 0 Å². The fourth-order valence-corrected chi connectivity index (χ4v) is 3.37. The molecular weight excluding hydrogens is 312 g/mol. The summed E-state index contributed by atoms with van der Waals surface area (Å²) < 4.78 is 11.6. The van der Waals surface area contributed by atoms with Crippen LogP contribution in [0.2, 0.25) is 0 Å². The number of benzene rings is 2. The first kappa shape index (κ1) is 14.0. The molecule has 23 heavy (non-hydrogen) atoms. The molecule has 116 valence electrons. The molecule has 1 amide bonds. The highest BCUT2D eigenvalue weighted by Crippen LogP contribution is 2.33. The molecule has 0 saturated heterocycles. The number of aryl methyl sites for hydroxylation is 1. The van der Waals surface area contributed by atoms with Crippen LogP contribution in [0.25, 0.3) is 10.2 Å². The standard InChI is InChI=1S/C17H14N2O3S/c1-2-10-3-5-12-15(7-10)23-17(18-12)19-16(20)11-4-6-13-14(8-11)22-9-21-13/h3-8H,2,9H2,1H3,(H,18,19,20). The summed E-state index contributed by atoms with van der Waals surface area (Å²) in [6, 6.07) is 11.3. The van der Waals surface area contributed by atoms with Crippen molar-refractivity contribution in [3.63, 3.8) is 0 Å². The summed E-state index contributed by atoms with van der Waals surface area (Å²) in [6.45, 7) is 2.31. The molecule has 2 heterocycles. The zero-order valence-electron chi connectivity index (χ0n) is 12.5. The Balaban J connectivity index is 1.58. The van der Waals surface area contributed by atoms with Gasteiger partial charge in [-0.1, -0.05) is 24.3 Å². The van der Waals surface area contributed by atoms with Gasteiger partial charge in [-0.05, 0) is 42.3 Å². The van der Waals surface area contributed by atoms with Crippen molar-refractivity contribution in [2.45, 2.75) is 13.3 Å². The molecule has 0 spiro atoms. The van der Waals surface area contributed by atoms with Gasteiger partial charge in [0.05, 0.1) is 10.2 Å². The number of carbonyl (C=O) groups is 1.